The highest BCUT2D eigenvalue weighted by atomic mass is 16.5. The van der Waals surface area contributed by atoms with Crippen molar-refractivity contribution >= 4 is 22.6 Å². The lowest BCUT2D eigenvalue weighted by Gasteiger charge is -2.26. The predicted molar refractivity (Wildman–Crippen MR) is 115 cm³/mol. The number of nitrogens with zero attached hydrogens (tertiary/aromatic N) is 3. The smallest absolute Gasteiger partial charge is 0.254 e. The Kier molecular flexibility index (Phi) is 5.11. The molecule has 5 N–H and O–H groups in total. The number of nitrogen functional groups attached to an aromatic ring is 1. The van der Waals surface area contributed by atoms with Crippen molar-refractivity contribution in [2.24, 2.45) is 11.1 Å². The molecule has 1 saturated carbocycles. The molecule has 1 amide bonds. The standard InChI is InChI=1S/C22H27N5O3/c1-22(2,12-28)11-27-20(23)18(21(24)29)19(26-27)14-8-13-6-7-16(9-17(13)25-10-14)30-15-4-3-5-15/h6-10,15,28H,3-5,11-12,23H2,1-2H3,(H2,24,29). The molecule has 0 saturated heterocycles. The molecule has 0 atom stereocenters. The first-order chi connectivity index (χ1) is 14.3. The van der Waals surface area contributed by atoms with Crippen LogP contribution >= 0.6 is 0 Å². The average Bonchev–Trinajstić information content (AvgIpc) is 3.00. The van der Waals surface area contributed by atoms with Crippen molar-refractivity contribution in [2.75, 3.05) is 12.3 Å². The van der Waals surface area contributed by atoms with Crippen LogP contribution in [0, 0.1) is 5.41 Å². The van der Waals surface area contributed by atoms with Gasteiger partial charge in [-0.05, 0) is 37.5 Å². The van der Waals surface area contributed by atoms with Crippen molar-refractivity contribution in [1.29, 1.82) is 0 Å². The molecule has 2 aromatic heterocycles. The van der Waals surface area contributed by atoms with Gasteiger partial charge in [-0.25, -0.2) is 4.68 Å². The van der Waals surface area contributed by atoms with Crippen LogP contribution in [-0.4, -0.2) is 38.5 Å². The molecule has 4 rings (SSSR count). The number of carbonyl (C=O) groups excluding carboxylic acids is 1. The van der Waals surface area contributed by atoms with Crippen LogP contribution in [0.3, 0.4) is 0 Å². The lowest BCUT2D eigenvalue weighted by Crippen LogP contribution is -2.25. The summed E-state index contributed by atoms with van der Waals surface area (Å²) < 4.78 is 7.47. The number of carbonyl (C=O) groups is 1. The Morgan fingerprint density at radius 3 is 2.73 bits per heavy atom. The van der Waals surface area contributed by atoms with Gasteiger partial charge in [0, 0.05) is 35.2 Å². The fourth-order valence-corrected chi connectivity index (χ4v) is 3.48. The summed E-state index contributed by atoms with van der Waals surface area (Å²) in [4.78, 5) is 16.6. The van der Waals surface area contributed by atoms with Gasteiger partial charge < -0.3 is 21.3 Å². The number of ether oxygens (including phenoxy) is 1. The van der Waals surface area contributed by atoms with E-state index in [4.69, 9.17) is 16.2 Å². The molecule has 1 aliphatic rings. The first kappa shape index (κ1) is 20.2. The second-order valence-electron chi connectivity index (χ2n) is 8.70. The zero-order valence-corrected chi connectivity index (χ0v) is 17.3. The molecule has 2 heterocycles. The van der Waals surface area contributed by atoms with E-state index in [2.05, 4.69) is 10.1 Å². The molecule has 8 heteroatoms. The number of rotatable bonds is 7. The van der Waals surface area contributed by atoms with Gasteiger partial charge in [-0.15, -0.1) is 0 Å². The Morgan fingerprint density at radius 2 is 2.10 bits per heavy atom. The number of pyridine rings is 1. The second-order valence-corrected chi connectivity index (χ2v) is 8.70. The largest absolute Gasteiger partial charge is 0.490 e. The topological polar surface area (TPSA) is 129 Å². The molecule has 8 nitrogen and oxygen atoms in total. The van der Waals surface area contributed by atoms with Crippen LogP contribution < -0.4 is 16.2 Å². The maximum Gasteiger partial charge on any atom is 0.254 e. The Morgan fingerprint density at radius 1 is 1.33 bits per heavy atom. The normalized spacial score (nSPS) is 14.6. The Labute approximate surface area is 174 Å². The first-order valence-corrected chi connectivity index (χ1v) is 10.1. The zero-order valence-electron chi connectivity index (χ0n) is 17.3. The van der Waals surface area contributed by atoms with E-state index in [-0.39, 0.29) is 18.0 Å². The van der Waals surface area contributed by atoms with Gasteiger partial charge in [0.25, 0.3) is 5.91 Å². The van der Waals surface area contributed by atoms with E-state index in [0.29, 0.717) is 23.9 Å². The van der Waals surface area contributed by atoms with Gasteiger partial charge in [0.2, 0.25) is 0 Å². The molecular weight excluding hydrogens is 382 g/mol. The molecule has 1 aliphatic carbocycles. The predicted octanol–water partition coefficient (Wildman–Crippen LogP) is 2.73. The van der Waals surface area contributed by atoms with E-state index in [1.54, 1.807) is 6.20 Å². The third kappa shape index (κ3) is 3.82. The van der Waals surface area contributed by atoms with Gasteiger partial charge in [-0.1, -0.05) is 13.8 Å². The molecule has 0 spiro atoms. The SMILES string of the molecule is CC(C)(CO)Cn1nc(-c2cnc3cc(OC4CCC4)ccc3c2)c(C(N)=O)c1N. The van der Waals surface area contributed by atoms with Crippen molar-refractivity contribution < 1.29 is 14.6 Å². The van der Waals surface area contributed by atoms with Crippen LogP contribution in [0.2, 0.25) is 0 Å². The number of fused-ring (bicyclic) bond motifs is 1. The number of nitrogens with two attached hydrogens (primary N) is 2. The highest BCUT2D eigenvalue weighted by Crippen LogP contribution is 2.32. The van der Waals surface area contributed by atoms with Crippen LogP contribution in [0.4, 0.5) is 5.82 Å². The third-order valence-corrected chi connectivity index (χ3v) is 5.53. The van der Waals surface area contributed by atoms with E-state index in [1.807, 2.05) is 38.1 Å². The van der Waals surface area contributed by atoms with Crippen LogP contribution in [0.5, 0.6) is 5.75 Å². The highest BCUT2D eigenvalue weighted by Gasteiger charge is 2.26. The fraction of sp³-hybridized carbons (Fsp3) is 0.409. The molecule has 3 aromatic rings. The van der Waals surface area contributed by atoms with E-state index in [1.165, 1.54) is 11.1 Å². The van der Waals surface area contributed by atoms with Gasteiger partial charge in [0.05, 0.1) is 18.2 Å². The summed E-state index contributed by atoms with van der Waals surface area (Å²) in [6.45, 7) is 4.08. The summed E-state index contributed by atoms with van der Waals surface area (Å²) in [7, 11) is 0. The van der Waals surface area contributed by atoms with Gasteiger partial charge in [0.15, 0.2) is 0 Å². The maximum absolute atomic E-state index is 12.1. The quantitative estimate of drug-likeness (QED) is 0.550. The number of benzene rings is 1. The van der Waals surface area contributed by atoms with Gasteiger partial charge >= 0.3 is 0 Å². The number of aliphatic hydroxyl groups is 1. The number of amides is 1. The summed E-state index contributed by atoms with van der Waals surface area (Å²) in [5.41, 5.74) is 13.3. The van der Waals surface area contributed by atoms with Gasteiger partial charge in [-0.2, -0.15) is 5.10 Å². The molecule has 0 bridgehead atoms. The number of aromatic nitrogens is 3. The van der Waals surface area contributed by atoms with Crippen LogP contribution in [0.25, 0.3) is 22.2 Å². The number of aliphatic hydroxyl groups excluding tert-OH is 1. The summed E-state index contributed by atoms with van der Waals surface area (Å²) in [5, 5.41) is 15.0. The van der Waals surface area contributed by atoms with Crippen LogP contribution in [0.15, 0.2) is 30.5 Å². The van der Waals surface area contributed by atoms with E-state index in [0.717, 1.165) is 29.5 Å². The van der Waals surface area contributed by atoms with Crippen molar-refractivity contribution in [3.8, 4) is 17.0 Å². The van der Waals surface area contributed by atoms with Crippen molar-refractivity contribution in [3.05, 3.63) is 36.0 Å². The second kappa shape index (κ2) is 7.60. The van der Waals surface area contributed by atoms with E-state index >= 15 is 0 Å². The van der Waals surface area contributed by atoms with Gasteiger partial charge in [-0.3, -0.25) is 9.78 Å². The first-order valence-electron chi connectivity index (χ1n) is 10.1. The van der Waals surface area contributed by atoms with Crippen molar-refractivity contribution in [1.82, 2.24) is 14.8 Å². The number of hydrogen-bond donors (Lipinski definition) is 3. The van der Waals surface area contributed by atoms with E-state index in [9.17, 15) is 9.90 Å². The maximum atomic E-state index is 12.1. The van der Waals surface area contributed by atoms with E-state index < -0.39 is 11.3 Å². The van der Waals surface area contributed by atoms with Gasteiger partial charge in [0.1, 0.15) is 22.8 Å². The minimum atomic E-state index is -0.653. The molecule has 0 radical (unpaired) electrons. The Bertz CT molecular complexity index is 1100. The number of anilines is 1. The third-order valence-electron chi connectivity index (χ3n) is 5.53. The lowest BCUT2D eigenvalue weighted by atomic mass is 9.95. The molecule has 0 aliphatic heterocycles. The summed E-state index contributed by atoms with van der Waals surface area (Å²) in [6.07, 6.45) is 5.36. The van der Waals surface area contributed by atoms with Crippen molar-refractivity contribution in [2.45, 2.75) is 45.8 Å². The zero-order chi connectivity index (χ0) is 21.5. The van der Waals surface area contributed by atoms with Crippen LogP contribution in [0.1, 0.15) is 43.5 Å². The molecular formula is C22H27N5O3. The average molecular weight is 409 g/mol. The molecule has 1 fully saturated rings. The van der Waals surface area contributed by atoms with Crippen LogP contribution in [-0.2, 0) is 6.54 Å². The minimum absolute atomic E-state index is 0.0453. The van der Waals surface area contributed by atoms with Crippen molar-refractivity contribution in [3.63, 3.8) is 0 Å². The Hall–Kier alpha value is -3.13. The summed E-state index contributed by atoms with van der Waals surface area (Å²) in [6, 6.07) is 7.70. The molecule has 0 unspecified atom stereocenters. The Balaban J connectivity index is 1.71. The summed E-state index contributed by atoms with van der Waals surface area (Å²) >= 11 is 0. The monoisotopic (exact) mass is 409 g/mol. The fourth-order valence-electron chi connectivity index (χ4n) is 3.48. The lowest BCUT2D eigenvalue weighted by molar-refractivity contribution is 0.100. The summed E-state index contributed by atoms with van der Waals surface area (Å²) in [5.74, 6) is 0.341. The minimum Gasteiger partial charge on any atom is -0.490 e. The highest BCUT2D eigenvalue weighted by molar-refractivity contribution is 6.03. The molecule has 1 aromatic carbocycles. The number of hydrogen-bond acceptors (Lipinski definition) is 6. The molecule has 158 valence electrons. The number of primary amides is 1. The molecule has 30 heavy (non-hydrogen) atoms.